The normalized spacial score (nSPS) is 11.0. The van der Waals surface area contributed by atoms with Crippen LogP contribution in [0.5, 0.6) is 5.75 Å². The van der Waals surface area contributed by atoms with Gasteiger partial charge in [-0.25, -0.2) is 0 Å². The molecule has 2 aromatic heterocycles. The van der Waals surface area contributed by atoms with E-state index in [4.69, 9.17) is 4.74 Å². The summed E-state index contributed by atoms with van der Waals surface area (Å²) in [5.74, 6) is 0.640. The van der Waals surface area contributed by atoms with Gasteiger partial charge in [-0.2, -0.15) is 0 Å². The van der Waals surface area contributed by atoms with Crippen molar-refractivity contribution in [3.05, 3.63) is 40.5 Å². The van der Waals surface area contributed by atoms with Gasteiger partial charge in [0, 0.05) is 17.5 Å². The largest absolute Gasteiger partial charge is 0.494 e. The Balaban J connectivity index is 1.93. The molecule has 0 spiro atoms. The Kier molecular flexibility index (Phi) is 4.20. The van der Waals surface area contributed by atoms with E-state index in [1.54, 1.807) is 25.4 Å². The maximum absolute atomic E-state index is 12.4. The first-order valence-corrected chi connectivity index (χ1v) is 7.98. The fraction of sp³-hybridized carbons (Fsp3) is 0.250. The minimum Gasteiger partial charge on any atom is -0.494 e. The molecule has 0 radical (unpaired) electrons. The molecule has 7 heteroatoms. The Hall–Kier alpha value is -2.54. The summed E-state index contributed by atoms with van der Waals surface area (Å²) in [4.78, 5) is 16.7. The number of anilines is 1. The van der Waals surface area contributed by atoms with Crippen molar-refractivity contribution < 1.29 is 9.53 Å². The summed E-state index contributed by atoms with van der Waals surface area (Å²) in [6, 6.07) is 7.29. The van der Waals surface area contributed by atoms with Crippen molar-refractivity contribution in [2.45, 2.75) is 19.8 Å². The molecule has 1 N–H and O–H groups in total. The lowest BCUT2D eigenvalue weighted by molar-refractivity contribution is 0.102. The summed E-state index contributed by atoms with van der Waals surface area (Å²) < 4.78 is 5.31. The van der Waals surface area contributed by atoms with Crippen LogP contribution >= 0.6 is 11.3 Å². The summed E-state index contributed by atoms with van der Waals surface area (Å²) in [7, 11) is 1.59. The topological polar surface area (TPSA) is 77.0 Å². The van der Waals surface area contributed by atoms with Crippen LogP contribution in [0.15, 0.2) is 30.5 Å². The molecule has 118 valence electrons. The summed E-state index contributed by atoms with van der Waals surface area (Å²) in [5, 5.41) is 12.9. The molecule has 0 atom stereocenters. The van der Waals surface area contributed by atoms with Gasteiger partial charge in [-0.3, -0.25) is 9.78 Å². The Morgan fingerprint density at radius 3 is 2.78 bits per heavy atom. The molecule has 3 rings (SSSR count). The number of amides is 1. The highest BCUT2D eigenvalue weighted by molar-refractivity contribution is 7.13. The molecule has 0 unspecified atom stereocenters. The molecular weight excluding hydrogens is 312 g/mol. The number of rotatable bonds is 4. The number of nitrogens with zero attached hydrogens (tertiary/aromatic N) is 3. The standard InChI is InChI=1S/C16H16N4O2S/c1-9(2)15-19-20-16(23-15)14(21)18-11-6-7-12(22-3)13-10(11)5-4-8-17-13/h4-9H,1-3H3,(H,18,21). The summed E-state index contributed by atoms with van der Waals surface area (Å²) in [5.41, 5.74) is 1.37. The molecule has 1 aromatic carbocycles. The van der Waals surface area contributed by atoms with Crippen LogP contribution in [-0.2, 0) is 0 Å². The Labute approximate surface area is 137 Å². The lowest BCUT2D eigenvalue weighted by atomic mass is 10.1. The number of aromatic nitrogens is 3. The second-order valence-electron chi connectivity index (χ2n) is 5.27. The molecule has 0 aliphatic carbocycles. The van der Waals surface area contributed by atoms with Crippen molar-refractivity contribution in [1.29, 1.82) is 0 Å². The highest BCUT2D eigenvalue weighted by atomic mass is 32.1. The molecule has 6 nitrogen and oxygen atoms in total. The number of carbonyl (C=O) groups is 1. The van der Waals surface area contributed by atoms with Gasteiger partial charge in [-0.15, -0.1) is 10.2 Å². The maximum atomic E-state index is 12.4. The third-order valence-corrected chi connectivity index (χ3v) is 4.55. The van der Waals surface area contributed by atoms with Gasteiger partial charge in [0.15, 0.2) is 0 Å². The number of hydrogen-bond acceptors (Lipinski definition) is 6. The lowest BCUT2D eigenvalue weighted by Crippen LogP contribution is -2.12. The van der Waals surface area contributed by atoms with Gasteiger partial charge in [-0.05, 0) is 24.3 Å². The smallest absolute Gasteiger partial charge is 0.286 e. The predicted octanol–water partition coefficient (Wildman–Crippen LogP) is 3.47. The SMILES string of the molecule is COc1ccc(NC(=O)c2nnc(C(C)C)s2)c2cccnc12. The van der Waals surface area contributed by atoms with E-state index in [0.29, 0.717) is 22.0 Å². The first kappa shape index (κ1) is 15.4. The molecule has 0 bridgehead atoms. The van der Waals surface area contributed by atoms with Crippen LogP contribution in [0.1, 0.15) is 34.6 Å². The van der Waals surface area contributed by atoms with Crippen molar-refractivity contribution in [2.75, 3.05) is 12.4 Å². The molecule has 2 heterocycles. The lowest BCUT2D eigenvalue weighted by Gasteiger charge is -2.09. The molecule has 3 aromatic rings. The van der Waals surface area contributed by atoms with E-state index in [2.05, 4.69) is 20.5 Å². The zero-order valence-electron chi connectivity index (χ0n) is 13.0. The number of methoxy groups -OCH3 is 1. The van der Waals surface area contributed by atoms with Gasteiger partial charge < -0.3 is 10.1 Å². The molecule has 0 aliphatic heterocycles. The van der Waals surface area contributed by atoms with Crippen molar-refractivity contribution >= 4 is 33.8 Å². The van der Waals surface area contributed by atoms with E-state index in [0.717, 1.165) is 10.4 Å². The van der Waals surface area contributed by atoms with Crippen molar-refractivity contribution in [1.82, 2.24) is 15.2 Å². The number of ether oxygens (including phenoxy) is 1. The van der Waals surface area contributed by atoms with E-state index in [9.17, 15) is 4.79 Å². The van der Waals surface area contributed by atoms with Crippen molar-refractivity contribution in [2.24, 2.45) is 0 Å². The second-order valence-corrected chi connectivity index (χ2v) is 6.28. The van der Waals surface area contributed by atoms with E-state index < -0.39 is 0 Å². The Morgan fingerprint density at radius 2 is 2.09 bits per heavy atom. The van der Waals surface area contributed by atoms with E-state index in [-0.39, 0.29) is 11.8 Å². The van der Waals surface area contributed by atoms with Crippen LogP contribution in [0.4, 0.5) is 5.69 Å². The quantitative estimate of drug-likeness (QED) is 0.793. The molecule has 0 saturated carbocycles. The monoisotopic (exact) mass is 328 g/mol. The molecule has 0 aliphatic rings. The third kappa shape index (κ3) is 3.00. The highest BCUT2D eigenvalue weighted by Gasteiger charge is 2.16. The maximum Gasteiger partial charge on any atom is 0.286 e. The van der Waals surface area contributed by atoms with Crippen molar-refractivity contribution in [3.63, 3.8) is 0 Å². The number of pyridine rings is 1. The van der Waals surface area contributed by atoms with Gasteiger partial charge in [-0.1, -0.05) is 25.2 Å². The van der Waals surface area contributed by atoms with Crippen LogP contribution in [0, 0.1) is 0 Å². The van der Waals surface area contributed by atoms with Gasteiger partial charge in [0.1, 0.15) is 16.3 Å². The molecule has 23 heavy (non-hydrogen) atoms. The van der Waals surface area contributed by atoms with Crippen molar-refractivity contribution in [3.8, 4) is 5.75 Å². The van der Waals surface area contributed by atoms with Gasteiger partial charge in [0.2, 0.25) is 5.01 Å². The van der Waals surface area contributed by atoms with Crippen LogP contribution < -0.4 is 10.1 Å². The fourth-order valence-corrected chi connectivity index (χ4v) is 2.90. The van der Waals surface area contributed by atoms with Gasteiger partial charge >= 0.3 is 0 Å². The minimum atomic E-state index is -0.273. The van der Waals surface area contributed by atoms with Gasteiger partial charge in [0.25, 0.3) is 5.91 Å². The molecule has 0 fully saturated rings. The fourth-order valence-electron chi connectivity index (χ4n) is 2.16. The second kappa shape index (κ2) is 6.29. The zero-order chi connectivity index (χ0) is 16.4. The predicted molar refractivity (Wildman–Crippen MR) is 90.2 cm³/mol. The number of carbonyl (C=O) groups excluding carboxylic acids is 1. The summed E-state index contributed by atoms with van der Waals surface area (Å²) in [6.07, 6.45) is 1.69. The average Bonchev–Trinajstić information content (AvgIpc) is 3.05. The first-order chi connectivity index (χ1) is 11.1. The zero-order valence-corrected chi connectivity index (χ0v) is 13.8. The number of nitrogens with one attached hydrogen (secondary N) is 1. The number of hydrogen-bond donors (Lipinski definition) is 1. The van der Waals surface area contributed by atoms with Crippen LogP contribution in [0.3, 0.4) is 0 Å². The summed E-state index contributed by atoms with van der Waals surface area (Å²) >= 11 is 1.31. The molecular formula is C16H16N4O2S. The average molecular weight is 328 g/mol. The summed E-state index contributed by atoms with van der Waals surface area (Å²) in [6.45, 7) is 4.04. The minimum absolute atomic E-state index is 0.250. The molecule has 0 saturated heterocycles. The van der Waals surface area contributed by atoms with E-state index in [1.807, 2.05) is 26.0 Å². The van der Waals surface area contributed by atoms with Gasteiger partial charge in [0.05, 0.1) is 12.8 Å². The van der Waals surface area contributed by atoms with Crippen LogP contribution in [0.2, 0.25) is 0 Å². The first-order valence-electron chi connectivity index (χ1n) is 7.16. The molecule has 1 amide bonds. The highest BCUT2D eigenvalue weighted by Crippen LogP contribution is 2.30. The van der Waals surface area contributed by atoms with E-state index >= 15 is 0 Å². The number of fused-ring (bicyclic) bond motifs is 1. The van der Waals surface area contributed by atoms with Crippen LogP contribution in [-0.4, -0.2) is 28.2 Å². The number of benzene rings is 1. The van der Waals surface area contributed by atoms with E-state index in [1.165, 1.54) is 11.3 Å². The third-order valence-electron chi connectivity index (χ3n) is 3.33. The van der Waals surface area contributed by atoms with Crippen LogP contribution in [0.25, 0.3) is 10.9 Å². The Morgan fingerprint density at radius 1 is 1.26 bits per heavy atom. The Bertz CT molecular complexity index is 860.